The maximum absolute atomic E-state index is 13.9. The highest BCUT2D eigenvalue weighted by Crippen LogP contribution is 2.41. The lowest BCUT2D eigenvalue weighted by molar-refractivity contribution is -0.129. The summed E-state index contributed by atoms with van der Waals surface area (Å²) in [7, 11) is 0. The summed E-state index contributed by atoms with van der Waals surface area (Å²) in [4.78, 5) is 39.4. The zero-order valence-corrected chi connectivity index (χ0v) is 16.0. The summed E-state index contributed by atoms with van der Waals surface area (Å²) >= 11 is 0. The normalized spacial score (nSPS) is 18.3. The van der Waals surface area contributed by atoms with Gasteiger partial charge in [-0.2, -0.15) is 5.26 Å². The van der Waals surface area contributed by atoms with Crippen molar-refractivity contribution in [3.8, 4) is 6.07 Å². The summed E-state index contributed by atoms with van der Waals surface area (Å²) in [6, 6.07) is 12.5. The lowest BCUT2D eigenvalue weighted by atomic mass is 10.0. The highest BCUT2D eigenvalue weighted by Gasteiger charge is 2.47. The Kier molecular flexibility index (Phi) is 5.19. The number of amides is 3. The maximum atomic E-state index is 13.9. The summed E-state index contributed by atoms with van der Waals surface area (Å²) in [5.41, 5.74) is 1.17. The van der Waals surface area contributed by atoms with E-state index in [1.165, 1.54) is 18.2 Å². The predicted octanol–water partition coefficient (Wildman–Crippen LogP) is 1.98. The van der Waals surface area contributed by atoms with Crippen LogP contribution in [0.2, 0.25) is 0 Å². The van der Waals surface area contributed by atoms with Crippen molar-refractivity contribution in [3.05, 3.63) is 71.0 Å². The van der Waals surface area contributed by atoms with Gasteiger partial charge in [-0.05, 0) is 30.5 Å². The minimum absolute atomic E-state index is 0.0264. The van der Waals surface area contributed by atoms with Crippen LogP contribution in [0.4, 0.5) is 4.39 Å². The van der Waals surface area contributed by atoms with Gasteiger partial charge in [0.25, 0.3) is 5.91 Å². The third-order valence-corrected chi connectivity index (χ3v) is 5.26. The number of carbonyl (C=O) groups is 3. The van der Waals surface area contributed by atoms with E-state index in [0.29, 0.717) is 11.1 Å². The van der Waals surface area contributed by atoms with E-state index in [1.54, 1.807) is 35.2 Å². The molecule has 2 atom stereocenters. The number of fused-ring (bicyclic) bond motifs is 1. The van der Waals surface area contributed by atoms with Crippen LogP contribution in [0.25, 0.3) is 0 Å². The Balaban J connectivity index is 1.43. The fourth-order valence-electron chi connectivity index (χ4n) is 3.70. The predicted molar refractivity (Wildman–Crippen MR) is 104 cm³/mol. The number of nitrogens with one attached hydrogen (secondary N) is 2. The molecule has 4 rings (SSSR count). The standard InChI is InChI=1S/C22H19FN4O3/c23-17-8-4-3-7-16(17)18(11-24)26-19(28)12-25-21(29)20-14-5-1-2-6-15(14)22(30)27(20)13-9-10-13/h1-8,13,18,20H,9-10,12H2,(H,25,29)(H,26,28). The Bertz CT molecular complexity index is 1060. The van der Waals surface area contributed by atoms with Crippen LogP contribution in [-0.2, 0) is 9.59 Å². The van der Waals surface area contributed by atoms with Crippen molar-refractivity contribution in [2.45, 2.75) is 31.0 Å². The summed E-state index contributed by atoms with van der Waals surface area (Å²) in [6.45, 7) is -0.392. The monoisotopic (exact) mass is 406 g/mol. The molecule has 2 aliphatic rings. The second kappa shape index (κ2) is 7.95. The Morgan fingerprint density at radius 3 is 2.57 bits per heavy atom. The fourth-order valence-corrected chi connectivity index (χ4v) is 3.70. The number of rotatable bonds is 6. The number of nitrogens with zero attached hydrogens (tertiary/aromatic N) is 2. The Morgan fingerprint density at radius 2 is 1.87 bits per heavy atom. The molecule has 2 N–H and O–H groups in total. The van der Waals surface area contributed by atoms with E-state index in [1.807, 2.05) is 6.07 Å². The first kappa shape index (κ1) is 19.6. The summed E-state index contributed by atoms with van der Waals surface area (Å²) in [6.07, 6.45) is 1.69. The third kappa shape index (κ3) is 3.62. The lowest BCUT2D eigenvalue weighted by Crippen LogP contribution is -2.44. The van der Waals surface area contributed by atoms with Crippen LogP contribution in [0.3, 0.4) is 0 Å². The first-order valence-corrected chi connectivity index (χ1v) is 9.64. The smallest absolute Gasteiger partial charge is 0.255 e. The second-order valence-electron chi connectivity index (χ2n) is 7.30. The molecule has 0 aromatic heterocycles. The molecule has 152 valence electrons. The zero-order valence-electron chi connectivity index (χ0n) is 16.0. The lowest BCUT2D eigenvalue weighted by Gasteiger charge is -2.24. The van der Waals surface area contributed by atoms with Gasteiger partial charge in [0.1, 0.15) is 17.9 Å². The molecule has 0 bridgehead atoms. The van der Waals surface area contributed by atoms with Crippen molar-refractivity contribution in [1.29, 1.82) is 5.26 Å². The molecule has 3 amide bonds. The highest BCUT2D eigenvalue weighted by molar-refractivity contribution is 6.05. The molecule has 7 nitrogen and oxygen atoms in total. The minimum atomic E-state index is -1.17. The van der Waals surface area contributed by atoms with Gasteiger partial charge in [0.15, 0.2) is 0 Å². The first-order chi connectivity index (χ1) is 14.5. The molecule has 2 aromatic carbocycles. The number of benzene rings is 2. The van der Waals surface area contributed by atoms with E-state index in [2.05, 4.69) is 10.6 Å². The van der Waals surface area contributed by atoms with Gasteiger partial charge in [-0.1, -0.05) is 36.4 Å². The molecule has 30 heavy (non-hydrogen) atoms. The summed E-state index contributed by atoms with van der Waals surface area (Å²) < 4.78 is 13.9. The molecule has 1 heterocycles. The van der Waals surface area contributed by atoms with Crippen LogP contribution in [0, 0.1) is 17.1 Å². The maximum Gasteiger partial charge on any atom is 0.255 e. The molecular formula is C22H19FN4O3. The first-order valence-electron chi connectivity index (χ1n) is 9.64. The average molecular weight is 406 g/mol. The van der Waals surface area contributed by atoms with Gasteiger partial charge in [-0.15, -0.1) is 0 Å². The number of nitriles is 1. The van der Waals surface area contributed by atoms with E-state index in [9.17, 15) is 24.0 Å². The van der Waals surface area contributed by atoms with E-state index >= 15 is 0 Å². The number of halogens is 1. The molecule has 1 aliphatic carbocycles. The van der Waals surface area contributed by atoms with Crippen molar-refractivity contribution >= 4 is 17.7 Å². The van der Waals surface area contributed by atoms with Crippen LogP contribution >= 0.6 is 0 Å². The topological polar surface area (TPSA) is 102 Å². The molecule has 1 fully saturated rings. The molecule has 2 aromatic rings. The van der Waals surface area contributed by atoms with E-state index in [-0.39, 0.29) is 17.5 Å². The molecular weight excluding hydrogens is 387 g/mol. The number of hydrogen-bond acceptors (Lipinski definition) is 4. The van der Waals surface area contributed by atoms with Crippen LogP contribution < -0.4 is 10.6 Å². The van der Waals surface area contributed by atoms with Crippen LogP contribution in [0.15, 0.2) is 48.5 Å². The van der Waals surface area contributed by atoms with E-state index in [0.717, 1.165) is 12.8 Å². The quantitative estimate of drug-likeness (QED) is 0.766. The third-order valence-electron chi connectivity index (χ3n) is 5.26. The number of hydrogen-bond donors (Lipinski definition) is 2. The molecule has 1 saturated carbocycles. The van der Waals surface area contributed by atoms with Gasteiger partial charge in [-0.3, -0.25) is 14.4 Å². The Labute approximate surface area is 172 Å². The zero-order chi connectivity index (χ0) is 21.3. The van der Waals surface area contributed by atoms with E-state index in [4.69, 9.17) is 0 Å². The molecule has 0 spiro atoms. The number of carbonyl (C=O) groups excluding carboxylic acids is 3. The fraction of sp³-hybridized carbons (Fsp3) is 0.273. The molecule has 1 aliphatic heterocycles. The summed E-state index contributed by atoms with van der Waals surface area (Å²) in [5, 5.41) is 14.2. The van der Waals surface area contributed by atoms with Gasteiger partial charge in [0.05, 0.1) is 12.6 Å². The van der Waals surface area contributed by atoms with Gasteiger partial charge in [-0.25, -0.2) is 4.39 Å². The Morgan fingerprint density at radius 1 is 1.17 bits per heavy atom. The van der Waals surface area contributed by atoms with Crippen LogP contribution in [0.1, 0.15) is 46.4 Å². The highest BCUT2D eigenvalue weighted by atomic mass is 19.1. The second-order valence-corrected chi connectivity index (χ2v) is 7.30. The average Bonchev–Trinajstić information content (AvgIpc) is 3.55. The Hall–Kier alpha value is -3.73. The van der Waals surface area contributed by atoms with Gasteiger partial charge < -0.3 is 15.5 Å². The van der Waals surface area contributed by atoms with Crippen molar-refractivity contribution in [1.82, 2.24) is 15.5 Å². The molecule has 0 saturated heterocycles. The van der Waals surface area contributed by atoms with Crippen LogP contribution in [-0.4, -0.2) is 35.2 Å². The van der Waals surface area contributed by atoms with E-state index < -0.39 is 36.3 Å². The van der Waals surface area contributed by atoms with Crippen molar-refractivity contribution in [3.63, 3.8) is 0 Å². The molecule has 0 radical (unpaired) electrons. The van der Waals surface area contributed by atoms with Gasteiger partial charge >= 0.3 is 0 Å². The summed E-state index contributed by atoms with van der Waals surface area (Å²) in [5.74, 6) is -1.88. The van der Waals surface area contributed by atoms with Crippen LogP contribution in [0.5, 0.6) is 0 Å². The largest absolute Gasteiger partial charge is 0.345 e. The molecule has 8 heteroatoms. The van der Waals surface area contributed by atoms with Crippen molar-refractivity contribution < 1.29 is 18.8 Å². The minimum Gasteiger partial charge on any atom is -0.345 e. The van der Waals surface area contributed by atoms with Crippen molar-refractivity contribution in [2.75, 3.05) is 6.54 Å². The molecule has 2 unspecified atom stereocenters. The van der Waals surface area contributed by atoms with Crippen molar-refractivity contribution in [2.24, 2.45) is 0 Å². The SMILES string of the molecule is N#CC(NC(=O)CNC(=O)C1c2ccccc2C(=O)N1C1CC1)c1ccccc1F. The van der Waals surface area contributed by atoms with Gasteiger partial charge in [0.2, 0.25) is 11.8 Å². The van der Waals surface area contributed by atoms with Gasteiger partial charge in [0, 0.05) is 17.2 Å².